The van der Waals surface area contributed by atoms with Crippen LogP contribution in [0.4, 0.5) is 11.4 Å². The van der Waals surface area contributed by atoms with Gasteiger partial charge < -0.3 is 16.2 Å². The Bertz CT molecular complexity index is 487. The smallest absolute Gasteiger partial charge is 0.322 e. The summed E-state index contributed by atoms with van der Waals surface area (Å²) < 4.78 is 4.49. The molecule has 0 aromatic heterocycles. The number of carbonyl (C=O) groups is 1. The summed E-state index contributed by atoms with van der Waals surface area (Å²) >= 11 is 0. The zero-order valence-electron chi connectivity index (χ0n) is 10.2. The second kappa shape index (κ2) is 5.46. The van der Waals surface area contributed by atoms with Gasteiger partial charge in [-0.25, -0.2) is 0 Å². The Balaban J connectivity index is 3.04. The van der Waals surface area contributed by atoms with Gasteiger partial charge in [-0.15, -0.1) is 0 Å². The molecule has 98 valence electrons. The molecule has 1 atom stereocenters. The number of hydrogen-bond donors (Lipinski definition) is 2. The SMILES string of the molecule is COC(=O)[C@H](N)Cc1cc(C)c(N)c([N+](=O)[O-])c1. The lowest BCUT2D eigenvalue weighted by Crippen LogP contribution is -2.33. The minimum atomic E-state index is -0.849. The van der Waals surface area contributed by atoms with Crippen molar-refractivity contribution in [2.45, 2.75) is 19.4 Å². The lowest BCUT2D eigenvalue weighted by molar-refractivity contribution is -0.384. The number of benzene rings is 1. The van der Waals surface area contributed by atoms with E-state index in [2.05, 4.69) is 4.74 Å². The molecule has 0 saturated heterocycles. The number of carbonyl (C=O) groups excluding carboxylic acids is 1. The molecule has 0 saturated carbocycles. The molecule has 1 aromatic carbocycles. The van der Waals surface area contributed by atoms with Gasteiger partial charge in [-0.1, -0.05) is 6.07 Å². The van der Waals surface area contributed by atoms with Crippen LogP contribution in [0.3, 0.4) is 0 Å². The van der Waals surface area contributed by atoms with Crippen molar-refractivity contribution in [1.29, 1.82) is 0 Å². The first kappa shape index (κ1) is 13.9. The summed E-state index contributed by atoms with van der Waals surface area (Å²) in [7, 11) is 1.23. The number of methoxy groups -OCH3 is 1. The van der Waals surface area contributed by atoms with Gasteiger partial charge in [-0.3, -0.25) is 14.9 Å². The van der Waals surface area contributed by atoms with Crippen molar-refractivity contribution in [2.75, 3.05) is 12.8 Å². The van der Waals surface area contributed by atoms with E-state index in [-0.39, 0.29) is 17.8 Å². The Morgan fingerprint density at radius 3 is 2.67 bits per heavy atom. The first-order chi connectivity index (χ1) is 8.36. The van der Waals surface area contributed by atoms with E-state index < -0.39 is 16.9 Å². The Labute approximate surface area is 104 Å². The first-order valence-corrected chi connectivity index (χ1v) is 5.23. The minimum absolute atomic E-state index is 0.121. The van der Waals surface area contributed by atoms with Gasteiger partial charge in [0.15, 0.2) is 0 Å². The zero-order valence-corrected chi connectivity index (χ0v) is 10.2. The van der Waals surface area contributed by atoms with Crippen LogP contribution in [0.25, 0.3) is 0 Å². The zero-order chi connectivity index (χ0) is 13.9. The van der Waals surface area contributed by atoms with Crippen LogP contribution < -0.4 is 11.5 Å². The molecule has 7 nitrogen and oxygen atoms in total. The second-order valence-corrected chi connectivity index (χ2v) is 3.94. The average molecular weight is 253 g/mol. The summed E-state index contributed by atoms with van der Waals surface area (Å²) in [6.45, 7) is 1.66. The molecular formula is C11H15N3O4. The Kier molecular flexibility index (Phi) is 4.22. The van der Waals surface area contributed by atoms with Crippen molar-refractivity contribution in [3.8, 4) is 0 Å². The van der Waals surface area contributed by atoms with Crippen molar-refractivity contribution in [1.82, 2.24) is 0 Å². The third-order valence-electron chi connectivity index (χ3n) is 2.58. The second-order valence-electron chi connectivity index (χ2n) is 3.94. The lowest BCUT2D eigenvalue weighted by Gasteiger charge is -2.10. The van der Waals surface area contributed by atoms with Gasteiger partial charge in [0.1, 0.15) is 11.7 Å². The highest BCUT2D eigenvalue weighted by atomic mass is 16.6. The van der Waals surface area contributed by atoms with Crippen LogP contribution in [0.1, 0.15) is 11.1 Å². The summed E-state index contributed by atoms with van der Waals surface area (Å²) in [4.78, 5) is 21.4. The van der Waals surface area contributed by atoms with E-state index in [0.29, 0.717) is 11.1 Å². The van der Waals surface area contributed by atoms with Gasteiger partial charge in [0.25, 0.3) is 5.69 Å². The fourth-order valence-corrected chi connectivity index (χ4v) is 1.61. The molecule has 0 radical (unpaired) electrons. The van der Waals surface area contributed by atoms with Crippen LogP contribution in [0.5, 0.6) is 0 Å². The number of esters is 1. The molecular weight excluding hydrogens is 238 g/mol. The number of nitrogens with two attached hydrogens (primary N) is 2. The molecule has 0 aliphatic heterocycles. The minimum Gasteiger partial charge on any atom is -0.468 e. The number of nitrogens with zero attached hydrogens (tertiary/aromatic N) is 1. The van der Waals surface area contributed by atoms with Gasteiger partial charge in [0.2, 0.25) is 0 Å². The van der Waals surface area contributed by atoms with E-state index in [9.17, 15) is 14.9 Å². The summed E-state index contributed by atoms with van der Waals surface area (Å²) in [6, 6.07) is 2.15. The highest BCUT2D eigenvalue weighted by molar-refractivity contribution is 5.76. The largest absolute Gasteiger partial charge is 0.468 e. The van der Waals surface area contributed by atoms with E-state index >= 15 is 0 Å². The first-order valence-electron chi connectivity index (χ1n) is 5.23. The molecule has 1 aromatic rings. The third kappa shape index (κ3) is 2.95. The molecule has 4 N–H and O–H groups in total. The average Bonchev–Trinajstić information content (AvgIpc) is 2.31. The van der Waals surface area contributed by atoms with E-state index in [4.69, 9.17) is 11.5 Å². The van der Waals surface area contributed by atoms with Crippen molar-refractivity contribution >= 4 is 17.3 Å². The maximum Gasteiger partial charge on any atom is 0.322 e. The number of hydrogen-bond acceptors (Lipinski definition) is 6. The van der Waals surface area contributed by atoms with E-state index in [0.717, 1.165) is 0 Å². The molecule has 0 fully saturated rings. The topological polar surface area (TPSA) is 121 Å². The van der Waals surface area contributed by atoms with E-state index in [1.54, 1.807) is 13.0 Å². The van der Waals surface area contributed by atoms with Crippen molar-refractivity contribution in [3.63, 3.8) is 0 Å². The fourth-order valence-electron chi connectivity index (χ4n) is 1.61. The third-order valence-corrected chi connectivity index (χ3v) is 2.58. The summed E-state index contributed by atoms with van der Waals surface area (Å²) in [5.74, 6) is -0.563. The van der Waals surface area contributed by atoms with Gasteiger partial charge >= 0.3 is 5.97 Å². The maximum atomic E-state index is 11.2. The maximum absolute atomic E-state index is 11.2. The van der Waals surface area contributed by atoms with Crippen LogP contribution in [0.2, 0.25) is 0 Å². The molecule has 18 heavy (non-hydrogen) atoms. The molecule has 0 amide bonds. The number of ether oxygens (including phenoxy) is 1. The number of rotatable bonds is 4. The standard InChI is InChI=1S/C11H15N3O4/c1-6-3-7(4-8(12)11(15)18-2)5-9(10(6)13)14(16)17/h3,5,8H,4,12-13H2,1-2H3/t8-/m1/s1. The number of aryl methyl sites for hydroxylation is 1. The molecule has 0 aliphatic carbocycles. The quantitative estimate of drug-likeness (QED) is 0.349. The Hall–Kier alpha value is -2.15. The van der Waals surface area contributed by atoms with Crippen molar-refractivity contribution in [3.05, 3.63) is 33.4 Å². The Morgan fingerprint density at radius 2 is 2.17 bits per heavy atom. The normalized spacial score (nSPS) is 11.9. The fraction of sp³-hybridized carbons (Fsp3) is 0.364. The Morgan fingerprint density at radius 1 is 1.56 bits per heavy atom. The number of nitro benzene ring substituents is 1. The van der Waals surface area contributed by atoms with Gasteiger partial charge in [0.05, 0.1) is 12.0 Å². The summed E-state index contributed by atoms with van der Waals surface area (Å²) in [6.07, 6.45) is 0.161. The predicted octanol–water partition coefficient (Wildman–Crippen LogP) is 0.528. The summed E-state index contributed by atoms with van der Waals surface area (Å²) in [5.41, 5.74) is 12.3. The van der Waals surface area contributed by atoms with Gasteiger partial charge in [-0.2, -0.15) is 0 Å². The van der Waals surface area contributed by atoms with Crippen LogP contribution in [0.15, 0.2) is 12.1 Å². The summed E-state index contributed by atoms with van der Waals surface area (Å²) in [5, 5.41) is 10.8. The molecule has 0 spiro atoms. The van der Waals surface area contributed by atoms with E-state index in [1.807, 2.05) is 0 Å². The van der Waals surface area contributed by atoms with Crippen LogP contribution in [-0.2, 0) is 16.0 Å². The predicted molar refractivity (Wildman–Crippen MR) is 65.9 cm³/mol. The number of nitrogen functional groups attached to an aromatic ring is 1. The highest BCUT2D eigenvalue weighted by Crippen LogP contribution is 2.27. The molecule has 0 heterocycles. The van der Waals surface area contributed by atoms with Crippen LogP contribution >= 0.6 is 0 Å². The van der Waals surface area contributed by atoms with E-state index in [1.165, 1.54) is 13.2 Å². The van der Waals surface area contributed by atoms with Gasteiger partial charge in [-0.05, 0) is 24.5 Å². The molecule has 0 aliphatic rings. The molecule has 0 unspecified atom stereocenters. The van der Waals surface area contributed by atoms with Crippen molar-refractivity contribution in [2.24, 2.45) is 5.73 Å². The monoisotopic (exact) mass is 253 g/mol. The molecule has 1 rings (SSSR count). The molecule has 7 heteroatoms. The van der Waals surface area contributed by atoms with Crippen LogP contribution in [0, 0.1) is 17.0 Å². The molecule has 0 bridgehead atoms. The lowest BCUT2D eigenvalue weighted by atomic mass is 10.0. The number of anilines is 1. The highest BCUT2D eigenvalue weighted by Gasteiger charge is 2.19. The van der Waals surface area contributed by atoms with Crippen molar-refractivity contribution < 1.29 is 14.5 Å². The van der Waals surface area contributed by atoms with Gasteiger partial charge in [0, 0.05) is 6.07 Å². The number of nitro groups is 1. The van der Waals surface area contributed by atoms with Crippen LogP contribution in [-0.4, -0.2) is 24.0 Å².